The summed E-state index contributed by atoms with van der Waals surface area (Å²) in [4.78, 5) is 23.7. The Morgan fingerprint density at radius 1 is 1.03 bits per heavy atom. The Hall–Kier alpha value is -2.71. The fourth-order valence-electron chi connectivity index (χ4n) is 3.92. The van der Waals surface area contributed by atoms with E-state index in [2.05, 4.69) is 41.4 Å². The average Bonchev–Trinajstić information content (AvgIpc) is 3.31. The molecule has 1 aromatic carbocycles. The first kappa shape index (κ1) is 21.5. The van der Waals surface area contributed by atoms with Crippen molar-refractivity contribution in [2.24, 2.45) is 0 Å². The fourth-order valence-corrected chi connectivity index (χ4v) is 3.92. The topological polar surface area (TPSA) is 88.6 Å². The van der Waals surface area contributed by atoms with Gasteiger partial charge in [0.15, 0.2) is 0 Å². The van der Waals surface area contributed by atoms with Gasteiger partial charge in [-0.2, -0.15) is 0 Å². The van der Waals surface area contributed by atoms with Gasteiger partial charge in [0.05, 0.1) is 31.0 Å². The molecule has 4 rings (SSSR count). The number of nitrogens with zero attached hydrogens (tertiary/aromatic N) is 3. The average molecular weight is 426 g/mol. The maximum Gasteiger partial charge on any atom is 0.251 e. The van der Waals surface area contributed by atoms with Crippen LogP contribution in [0.2, 0.25) is 0 Å². The normalized spacial score (nSPS) is 25.2. The first-order valence-electron chi connectivity index (χ1n) is 10.6. The van der Waals surface area contributed by atoms with Crippen LogP contribution in [-0.2, 0) is 14.9 Å². The summed E-state index contributed by atoms with van der Waals surface area (Å²) < 4.78 is 12.0. The molecule has 2 saturated heterocycles. The Balaban J connectivity index is 1.37. The van der Waals surface area contributed by atoms with Crippen LogP contribution in [0.25, 0.3) is 0 Å². The van der Waals surface area contributed by atoms with Gasteiger partial charge >= 0.3 is 0 Å². The molecule has 0 spiro atoms. The van der Waals surface area contributed by atoms with E-state index >= 15 is 0 Å². The smallest absolute Gasteiger partial charge is 0.251 e. The summed E-state index contributed by atoms with van der Waals surface area (Å²) in [7, 11) is 3.94. The van der Waals surface area contributed by atoms with Crippen molar-refractivity contribution in [2.75, 3.05) is 37.5 Å². The number of anilines is 2. The largest absolute Gasteiger partial charge is 0.378 e. The minimum atomic E-state index is -0.201. The third kappa shape index (κ3) is 4.65. The van der Waals surface area contributed by atoms with Gasteiger partial charge in [-0.15, -0.1) is 0 Å². The van der Waals surface area contributed by atoms with Crippen LogP contribution in [0, 0.1) is 0 Å². The summed E-state index contributed by atoms with van der Waals surface area (Å²) in [5.41, 5.74) is 2.58. The summed E-state index contributed by atoms with van der Waals surface area (Å²) in [6, 6.07) is 9.19. The quantitative estimate of drug-likeness (QED) is 0.759. The molecule has 4 unspecified atom stereocenters. The monoisotopic (exact) mass is 425 g/mol. The van der Waals surface area contributed by atoms with E-state index in [-0.39, 0.29) is 35.6 Å². The number of rotatable bonds is 5. The molecule has 8 nitrogen and oxygen atoms in total. The minimum absolute atomic E-state index is 0.0575. The molecular weight excluding hydrogens is 394 g/mol. The molecule has 31 heavy (non-hydrogen) atoms. The van der Waals surface area contributed by atoms with Crippen LogP contribution >= 0.6 is 0 Å². The highest BCUT2D eigenvalue weighted by Crippen LogP contribution is 2.29. The second-order valence-electron chi connectivity index (χ2n) is 9.38. The van der Waals surface area contributed by atoms with Crippen molar-refractivity contribution in [3.63, 3.8) is 0 Å². The van der Waals surface area contributed by atoms with E-state index in [0.717, 1.165) is 11.4 Å². The standard InChI is InChI=1S/C23H31N5O3/c1-23(2,3)18-10-11-24-22(27-18)26-17-13-31-19-16(12-30-20(17)19)25-21(29)14-6-8-15(9-7-14)28(4)5/h6-11,16-17,19-20H,12-13H2,1-5H3,(H,25,29)(H,24,26,27). The molecule has 2 aliphatic rings. The molecule has 8 heteroatoms. The molecule has 3 heterocycles. The van der Waals surface area contributed by atoms with E-state index in [1.165, 1.54) is 0 Å². The molecule has 2 aromatic rings. The van der Waals surface area contributed by atoms with Crippen LogP contribution in [-0.4, -0.2) is 67.5 Å². The Kier molecular flexibility index (Phi) is 5.85. The summed E-state index contributed by atoms with van der Waals surface area (Å²) >= 11 is 0. The molecule has 4 atom stereocenters. The molecule has 0 radical (unpaired) electrons. The SMILES string of the molecule is CN(C)c1ccc(C(=O)NC2COC3C(Nc4nccc(C(C)(C)C)n4)COC23)cc1. The van der Waals surface area contributed by atoms with Gasteiger partial charge in [0.2, 0.25) is 5.95 Å². The Bertz CT molecular complexity index is 926. The minimum Gasteiger partial charge on any atom is -0.378 e. The lowest BCUT2D eigenvalue weighted by Crippen LogP contribution is -2.44. The summed E-state index contributed by atoms with van der Waals surface area (Å²) in [6.07, 6.45) is 1.40. The van der Waals surface area contributed by atoms with E-state index in [4.69, 9.17) is 9.47 Å². The second kappa shape index (κ2) is 8.43. The number of nitrogens with one attached hydrogen (secondary N) is 2. The molecule has 2 aliphatic heterocycles. The van der Waals surface area contributed by atoms with Gasteiger partial charge < -0.3 is 25.0 Å². The number of hydrogen-bond acceptors (Lipinski definition) is 7. The van der Waals surface area contributed by atoms with E-state index in [1.807, 2.05) is 49.3 Å². The zero-order chi connectivity index (χ0) is 22.2. The highest BCUT2D eigenvalue weighted by Gasteiger charge is 2.48. The van der Waals surface area contributed by atoms with E-state index < -0.39 is 0 Å². The zero-order valence-corrected chi connectivity index (χ0v) is 18.8. The molecule has 1 amide bonds. The first-order chi connectivity index (χ1) is 14.7. The molecule has 0 bridgehead atoms. The van der Waals surface area contributed by atoms with Gasteiger partial charge in [-0.1, -0.05) is 20.8 Å². The number of benzene rings is 1. The number of aromatic nitrogens is 2. The number of carbonyl (C=O) groups is 1. The molecule has 2 fully saturated rings. The van der Waals surface area contributed by atoms with Crippen molar-refractivity contribution in [1.29, 1.82) is 0 Å². The van der Waals surface area contributed by atoms with Gasteiger partial charge in [0, 0.05) is 37.0 Å². The van der Waals surface area contributed by atoms with Gasteiger partial charge in [-0.3, -0.25) is 4.79 Å². The molecule has 1 aromatic heterocycles. The summed E-state index contributed by atoms with van der Waals surface area (Å²) in [5, 5.41) is 6.42. The van der Waals surface area contributed by atoms with Crippen LogP contribution in [0.1, 0.15) is 36.8 Å². The number of amides is 1. The van der Waals surface area contributed by atoms with Crippen LogP contribution in [0.4, 0.5) is 11.6 Å². The molecule has 0 aliphatic carbocycles. The molecule has 166 valence electrons. The second-order valence-corrected chi connectivity index (χ2v) is 9.38. The van der Waals surface area contributed by atoms with Gasteiger partial charge in [0.25, 0.3) is 5.91 Å². The van der Waals surface area contributed by atoms with Crippen molar-refractivity contribution in [3.05, 3.63) is 47.8 Å². The predicted molar refractivity (Wildman–Crippen MR) is 120 cm³/mol. The third-order valence-electron chi connectivity index (χ3n) is 5.75. The van der Waals surface area contributed by atoms with Crippen LogP contribution in [0.3, 0.4) is 0 Å². The van der Waals surface area contributed by atoms with E-state index in [9.17, 15) is 4.79 Å². The predicted octanol–water partition coefficient (Wildman–Crippen LogP) is 2.22. The summed E-state index contributed by atoms with van der Waals surface area (Å²) in [6.45, 7) is 7.25. The number of hydrogen-bond donors (Lipinski definition) is 2. The third-order valence-corrected chi connectivity index (χ3v) is 5.75. The lowest BCUT2D eigenvalue weighted by molar-refractivity contribution is 0.0652. The molecule has 0 saturated carbocycles. The molecular formula is C23H31N5O3. The maximum absolute atomic E-state index is 12.7. The van der Waals surface area contributed by atoms with Crippen molar-refractivity contribution in [1.82, 2.24) is 15.3 Å². The fraction of sp³-hybridized carbons (Fsp3) is 0.522. The van der Waals surface area contributed by atoms with Gasteiger partial charge in [-0.25, -0.2) is 9.97 Å². The van der Waals surface area contributed by atoms with Crippen molar-refractivity contribution in [2.45, 2.75) is 50.5 Å². The van der Waals surface area contributed by atoms with Crippen LogP contribution in [0.5, 0.6) is 0 Å². The van der Waals surface area contributed by atoms with Gasteiger partial charge in [-0.05, 0) is 30.3 Å². The van der Waals surface area contributed by atoms with E-state index in [1.54, 1.807) is 6.20 Å². The first-order valence-corrected chi connectivity index (χ1v) is 10.6. The Labute approximate surface area is 183 Å². The Morgan fingerprint density at radius 2 is 1.68 bits per heavy atom. The number of carbonyl (C=O) groups excluding carboxylic acids is 1. The highest BCUT2D eigenvalue weighted by atomic mass is 16.6. The van der Waals surface area contributed by atoms with Crippen molar-refractivity contribution in [3.8, 4) is 0 Å². The zero-order valence-electron chi connectivity index (χ0n) is 18.8. The maximum atomic E-state index is 12.7. The van der Waals surface area contributed by atoms with Gasteiger partial charge in [0.1, 0.15) is 12.2 Å². The molecule has 2 N–H and O–H groups in total. The Morgan fingerprint density at radius 3 is 2.32 bits per heavy atom. The van der Waals surface area contributed by atoms with Crippen molar-refractivity contribution >= 4 is 17.5 Å². The van der Waals surface area contributed by atoms with Crippen LogP contribution in [0.15, 0.2) is 36.5 Å². The van der Waals surface area contributed by atoms with Crippen LogP contribution < -0.4 is 15.5 Å². The number of fused-ring (bicyclic) bond motifs is 1. The lowest BCUT2D eigenvalue weighted by atomic mass is 9.92. The van der Waals surface area contributed by atoms with E-state index in [0.29, 0.717) is 24.7 Å². The highest BCUT2D eigenvalue weighted by molar-refractivity contribution is 5.94. The number of ether oxygens (including phenoxy) is 2. The summed E-state index contributed by atoms with van der Waals surface area (Å²) in [5.74, 6) is 0.444. The lowest BCUT2D eigenvalue weighted by Gasteiger charge is -2.21. The van der Waals surface area contributed by atoms with Crippen molar-refractivity contribution < 1.29 is 14.3 Å².